The lowest BCUT2D eigenvalue weighted by atomic mass is 9.96. The summed E-state index contributed by atoms with van der Waals surface area (Å²) in [5.74, 6) is -0.0779. The Labute approximate surface area is 233 Å². The summed E-state index contributed by atoms with van der Waals surface area (Å²) in [6, 6.07) is 18.8. The predicted octanol–water partition coefficient (Wildman–Crippen LogP) is 5.57. The Hall–Kier alpha value is -2.75. The van der Waals surface area contributed by atoms with Crippen LogP contribution in [0.4, 0.5) is 0 Å². The fraction of sp³-hybridized carbons (Fsp3) is 0.321. The molecule has 0 aliphatic carbocycles. The molecule has 0 aliphatic heterocycles. The first-order valence-electron chi connectivity index (χ1n) is 12.3. The first kappa shape index (κ1) is 27.3. The van der Waals surface area contributed by atoms with Crippen molar-refractivity contribution in [3.8, 4) is 0 Å². The number of rotatable bonds is 9. The van der Waals surface area contributed by atoms with Crippen molar-refractivity contribution >= 4 is 43.3 Å². The zero-order valence-corrected chi connectivity index (χ0v) is 24.4. The molecule has 4 rings (SSSR count). The highest BCUT2D eigenvalue weighted by atomic mass is 79.9. The molecule has 9 heteroatoms. The van der Waals surface area contributed by atoms with Gasteiger partial charge in [0, 0.05) is 22.3 Å². The van der Waals surface area contributed by atoms with E-state index in [9.17, 15) is 9.59 Å². The van der Waals surface area contributed by atoms with Gasteiger partial charge in [0.25, 0.3) is 5.91 Å². The van der Waals surface area contributed by atoms with Crippen LogP contribution < -0.4 is 11.4 Å². The third-order valence-corrected chi connectivity index (χ3v) is 7.95. The fourth-order valence-electron chi connectivity index (χ4n) is 4.66. The molecule has 0 saturated heterocycles. The van der Waals surface area contributed by atoms with Crippen LogP contribution in [0.3, 0.4) is 0 Å². The summed E-state index contributed by atoms with van der Waals surface area (Å²) in [4.78, 5) is 29.7. The van der Waals surface area contributed by atoms with Gasteiger partial charge in [-0.15, -0.1) is 0 Å². The zero-order chi connectivity index (χ0) is 26.7. The summed E-state index contributed by atoms with van der Waals surface area (Å²) >= 11 is 7.07. The third kappa shape index (κ3) is 5.73. The molecule has 4 aromatic rings. The Morgan fingerprint density at radius 2 is 1.76 bits per heavy atom. The Morgan fingerprint density at radius 1 is 1.08 bits per heavy atom. The number of fused-ring (bicyclic) bond motifs is 1. The second-order valence-corrected chi connectivity index (χ2v) is 11.2. The van der Waals surface area contributed by atoms with Gasteiger partial charge in [0.2, 0.25) is 0 Å². The highest BCUT2D eigenvalue weighted by Crippen LogP contribution is 2.33. The van der Waals surface area contributed by atoms with Crippen molar-refractivity contribution in [3.05, 3.63) is 103 Å². The Balaban J connectivity index is 1.94. The topological polar surface area (TPSA) is 85.6 Å². The molecule has 0 unspecified atom stereocenters. The molecule has 0 saturated carbocycles. The standard InChI is InChI=1S/C28H31Br2N5O2/c1-18(2)26(33(15-7-14-31)27(36)21-10-12-22(29)13-11-21)24-16-23-25(30)19(3)32-35(23)28(37)34(24)17-20-8-5-4-6-9-20/h4-6,8-13,16,18,26H,7,14-15,17,31H2,1-3H3/t26-/m1/s1. The highest BCUT2D eigenvalue weighted by molar-refractivity contribution is 9.11. The zero-order valence-electron chi connectivity index (χ0n) is 21.2. The smallest absolute Gasteiger partial charge is 0.330 e. The third-order valence-electron chi connectivity index (χ3n) is 6.44. The van der Waals surface area contributed by atoms with Gasteiger partial charge in [-0.25, -0.2) is 4.79 Å². The van der Waals surface area contributed by atoms with E-state index < -0.39 is 0 Å². The summed E-state index contributed by atoms with van der Waals surface area (Å²) in [5, 5.41) is 4.48. The van der Waals surface area contributed by atoms with E-state index >= 15 is 0 Å². The van der Waals surface area contributed by atoms with Gasteiger partial charge in [-0.1, -0.05) is 60.1 Å². The predicted molar refractivity (Wildman–Crippen MR) is 154 cm³/mol. The van der Waals surface area contributed by atoms with E-state index in [0.29, 0.717) is 37.1 Å². The number of aromatic nitrogens is 3. The number of aryl methyl sites for hydroxylation is 1. The van der Waals surface area contributed by atoms with E-state index in [2.05, 4.69) is 50.8 Å². The Morgan fingerprint density at radius 3 is 2.38 bits per heavy atom. The maximum atomic E-state index is 13.9. The molecular formula is C28H31Br2N5O2. The van der Waals surface area contributed by atoms with Crippen LogP contribution in [0.1, 0.15) is 53.6 Å². The molecule has 7 nitrogen and oxygen atoms in total. The van der Waals surface area contributed by atoms with Crippen molar-refractivity contribution < 1.29 is 4.79 Å². The lowest BCUT2D eigenvalue weighted by Gasteiger charge is -2.36. The molecule has 194 valence electrons. The average Bonchev–Trinajstić information content (AvgIpc) is 3.17. The maximum absolute atomic E-state index is 13.9. The molecule has 0 radical (unpaired) electrons. The van der Waals surface area contributed by atoms with Gasteiger partial charge in [-0.3, -0.25) is 9.36 Å². The molecule has 1 atom stereocenters. The molecule has 2 N–H and O–H groups in total. The molecule has 2 aromatic heterocycles. The van der Waals surface area contributed by atoms with Crippen molar-refractivity contribution in [3.63, 3.8) is 0 Å². The number of nitrogens with zero attached hydrogens (tertiary/aromatic N) is 4. The molecule has 0 fully saturated rings. The SMILES string of the molecule is Cc1nn2c(=O)n(Cc3ccccc3)c([C@@H](C(C)C)N(CCCN)C(=O)c3ccc(Br)cc3)cc2c1Br. The van der Waals surface area contributed by atoms with Crippen LogP contribution in [0.2, 0.25) is 0 Å². The van der Waals surface area contributed by atoms with Crippen LogP contribution in [0.15, 0.2) is 74.4 Å². The molecule has 0 aliphatic rings. The number of carbonyl (C=O) groups is 1. The van der Waals surface area contributed by atoms with Gasteiger partial charge in [-0.05, 0) is 77.6 Å². The van der Waals surface area contributed by atoms with Crippen LogP contribution in [-0.2, 0) is 6.54 Å². The quantitative estimate of drug-likeness (QED) is 0.263. The normalized spacial score (nSPS) is 12.3. The minimum Gasteiger partial charge on any atom is -0.330 e. The minimum atomic E-state index is -0.369. The number of nitrogens with two attached hydrogens (primary N) is 1. The second kappa shape index (κ2) is 11.8. The van der Waals surface area contributed by atoms with Gasteiger partial charge in [-0.2, -0.15) is 9.61 Å². The first-order chi connectivity index (χ1) is 17.7. The number of benzene rings is 2. The van der Waals surface area contributed by atoms with Gasteiger partial charge >= 0.3 is 5.69 Å². The van der Waals surface area contributed by atoms with Gasteiger partial charge in [0.05, 0.1) is 28.3 Å². The Kier molecular flexibility index (Phi) is 8.67. The minimum absolute atomic E-state index is 0.0174. The number of amides is 1. The molecule has 2 aromatic carbocycles. The molecule has 1 amide bonds. The van der Waals surface area contributed by atoms with Crippen LogP contribution in [0, 0.1) is 12.8 Å². The number of hydrogen-bond donors (Lipinski definition) is 1. The van der Waals surface area contributed by atoms with E-state index in [1.165, 1.54) is 4.52 Å². The summed E-state index contributed by atoms with van der Waals surface area (Å²) in [5.41, 5.74) is 9.39. The van der Waals surface area contributed by atoms with Gasteiger partial charge in [0.15, 0.2) is 0 Å². The van der Waals surface area contributed by atoms with E-state index in [-0.39, 0.29) is 23.6 Å². The summed E-state index contributed by atoms with van der Waals surface area (Å²) < 4.78 is 4.86. The molecule has 0 spiro atoms. The van der Waals surface area contributed by atoms with E-state index in [1.54, 1.807) is 4.57 Å². The number of hydrogen-bond acceptors (Lipinski definition) is 4. The lowest BCUT2D eigenvalue weighted by Crippen LogP contribution is -2.42. The van der Waals surface area contributed by atoms with E-state index in [4.69, 9.17) is 5.73 Å². The Bertz CT molecular complexity index is 1450. The fourth-order valence-corrected chi connectivity index (χ4v) is 5.28. The summed E-state index contributed by atoms with van der Waals surface area (Å²) in [7, 11) is 0. The molecule has 37 heavy (non-hydrogen) atoms. The van der Waals surface area contributed by atoms with Gasteiger partial charge < -0.3 is 10.6 Å². The molecule has 0 bridgehead atoms. The largest absolute Gasteiger partial charge is 0.349 e. The average molecular weight is 629 g/mol. The first-order valence-corrected chi connectivity index (χ1v) is 13.9. The maximum Gasteiger partial charge on any atom is 0.349 e. The van der Waals surface area contributed by atoms with Crippen LogP contribution >= 0.6 is 31.9 Å². The highest BCUT2D eigenvalue weighted by Gasteiger charge is 2.32. The monoisotopic (exact) mass is 627 g/mol. The molecular weight excluding hydrogens is 598 g/mol. The van der Waals surface area contributed by atoms with Crippen molar-refractivity contribution in [2.24, 2.45) is 11.7 Å². The van der Waals surface area contributed by atoms with Gasteiger partial charge in [0.1, 0.15) is 0 Å². The van der Waals surface area contributed by atoms with E-state index in [1.807, 2.05) is 72.5 Å². The van der Waals surface area contributed by atoms with Crippen molar-refractivity contribution in [2.45, 2.75) is 39.8 Å². The van der Waals surface area contributed by atoms with Crippen molar-refractivity contribution in [1.82, 2.24) is 19.1 Å². The summed E-state index contributed by atoms with van der Waals surface area (Å²) in [6.45, 7) is 7.31. The number of carbonyl (C=O) groups excluding carboxylic acids is 1. The second-order valence-electron chi connectivity index (χ2n) is 9.46. The van der Waals surface area contributed by atoms with Crippen LogP contribution in [0.25, 0.3) is 5.52 Å². The van der Waals surface area contributed by atoms with Crippen LogP contribution in [0.5, 0.6) is 0 Å². The van der Waals surface area contributed by atoms with Crippen LogP contribution in [-0.4, -0.2) is 38.1 Å². The van der Waals surface area contributed by atoms with E-state index in [0.717, 1.165) is 25.9 Å². The molecule has 2 heterocycles. The van der Waals surface area contributed by atoms with Crippen molar-refractivity contribution in [1.29, 1.82) is 0 Å². The van der Waals surface area contributed by atoms with Crippen molar-refractivity contribution in [2.75, 3.05) is 13.1 Å². The lowest BCUT2D eigenvalue weighted by molar-refractivity contribution is 0.0609. The summed E-state index contributed by atoms with van der Waals surface area (Å²) in [6.07, 6.45) is 0.645. The number of halogens is 2.